The van der Waals surface area contributed by atoms with Gasteiger partial charge in [-0.3, -0.25) is 0 Å². The molecule has 1 heterocycles. The molecule has 19 heavy (non-hydrogen) atoms. The van der Waals surface area contributed by atoms with Gasteiger partial charge in [-0.25, -0.2) is 8.42 Å². The molecule has 0 aliphatic rings. The third-order valence-corrected chi connectivity index (χ3v) is 6.09. The van der Waals surface area contributed by atoms with Gasteiger partial charge >= 0.3 is 0 Å². The second-order valence-electron chi connectivity index (χ2n) is 4.57. The maximum atomic E-state index is 11.4. The average molecular weight is 359 g/mol. The molecule has 2 rings (SSSR count). The largest absolute Gasteiger partial charge is 0.224 e. The van der Waals surface area contributed by atoms with Gasteiger partial charge in [0.2, 0.25) is 0 Å². The molecule has 0 aliphatic carbocycles. The molecule has 0 fully saturated rings. The molecule has 1 unspecified atom stereocenters. The average Bonchev–Trinajstić information content (AvgIpc) is 2.66. The van der Waals surface area contributed by atoms with Crippen molar-refractivity contribution in [1.29, 1.82) is 0 Å². The number of halogens is 1. The van der Waals surface area contributed by atoms with Gasteiger partial charge in [0.25, 0.3) is 0 Å². The van der Waals surface area contributed by atoms with E-state index in [9.17, 15) is 8.42 Å². The molecule has 1 atom stereocenters. The van der Waals surface area contributed by atoms with Crippen LogP contribution in [0.5, 0.6) is 0 Å². The van der Waals surface area contributed by atoms with E-state index in [2.05, 4.69) is 35.8 Å². The minimum atomic E-state index is -3.13. The van der Waals surface area contributed by atoms with Crippen molar-refractivity contribution in [3.05, 3.63) is 51.2 Å². The summed E-state index contributed by atoms with van der Waals surface area (Å²) in [5.74, 6) is 0. The van der Waals surface area contributed by atoms with Crippen LogP contribution in [0.3, 0.4) is 0 Å². The number of hydrogen-bond acceptors (Lipinski definition) is 3. The van der Waals surface area contributed by atoms with Gasteiger partial charge in [-0.2, -0.15) is 0 Å². The van der Waals surface area contributed by atoms with Crippen molar-refractivity contribution in [3.63, 3.8) is 0 Å². The first-order valence-electron chi connectivity index (χ1n) is 5.80. The summed E-state index contributed by atoms with van der Waals surface area (Å²) in [6, 6.07) is 9.22. The second-order valence-corrected chi connectivity index (χ2v) is 8.96. The molecule has 2 aromatic rings. The highest BCUT2D eigenvalue weighted by Crippen LogP contribution is 2.36. The molecule has 0 bridgehead atoms. The standard InChI is InChI=1S/C14H15BrO2S2/c1-9-8-13(10(2)18-9)14(15)11-4-6-12(7-5-11)19(3,16)17/h4-8,14H,1-3H3. The molecule has 0 saturated heterocycles. The summed E-state index contributed by atoms with van der Waals surface area (Å²) < 4.78 is 22.9. The van der Waals surface area contributed by atoms with E-state index in [4.69, 9.17) is 0 Å². The molecule has 0 radical (unpaired) electrons. The van der Waals surface area contributed by atoms with Crippen LogP contribution in [0.1, 0.15) is 25.7 Å². The van der Waals surface area contributed by atoms with E-state index in [1.807, 2.05) is 12.1 Å². The predicted octanol–water partition coefficient (Wildman–Crippen LogP) is 4.25. The lowest BCUT2D eigenvalue weighted by Crippen LogP contribution is -1.98. The molecule has 0 saturated carbocycles. The quantitative estimate of drug-likeness (QED) is 0.768. The molecule has 0 spiro atoms. The molecule has 1 aromatic carbocycles. The Morgan fingerprint density at radius 2 is 1.74 bits per heavy atom. The summed E-state index contributed by atoms with van der Waals surface area (Å²) in [5, 5.41) is 0. The minimum absolute atomic E-state index is 0.103. The van der Waals surface area contributed by atoms with Gasteiger partial charge in [0, 0.05) is 16.0 Å². The topological polar surface area (TPSA) is 34.1 Å². The Labute approximate surface area is 126 Å². The van der Waals surface area contributed by atoms with Crippen LogP contribution in [0.25, 0.3) is 0 Å². The number of thiophene rings is 1. The molecule has 102 valence electrons. The summed E-state index contributed by atoms with van der Waals surface area (Å²) in [7, 11) is -3.13. The van der Waals surface area contributed by atoms with E-state index in [1.165, 1.54) is 21.6 Å². The second kappa shape index (κ2) is 5.38. The summed E-state index contributed by atoms with van der Waals surface area (Å²) in [6.07, 6.45) is 1.22. The van der Waals surface area contributed by atoms with Crippen molar-refractivity contribution in [2.45, 2.75) is 23.6 Å². The van der Waals surface area contributed by atoms with Gasteiger partial charge in [-0.1, -0.05) is 28.1 Å². The van der Waals surface area contributed by atoms with Gasteiger partial charge < -0.3 is 0 Å². The van der Waals surface area contributed by atoms with E-state index in [0.29, 0.717) is 4.90 Å². The van der Waals surface area contributed by atoms with Crippen LogP contribution >= 0.6 is 27.3 Å². The van der Waals surface area contributed by atoms with E-state index >= 15 is 0 Å². The zero-order valence-corrected chi connectivity index (χ0v) is 14.2. The Balaban J connectivity index is 2.35. The highest BCUT2D eigenvalue weighted by Gasteiger charge is 2.16. The third kappa shape index (κ3) is 3.27. The third-order valence-electron chi connectivity index (χ3n) is 2.95. The van der Waals surface area contributed by atoms with Crippen LogP contribution in [-0.2, 0) is 9.84 Å². The van der Waals surface area contributed by atoms with Gasteiger partial charge in [0.15, 0.2) is 9.84 Å². The lowest BCUT2D eigenvalue weighted by molar-refractivity contribution is 0.602. The van der Waals surface area contributed by atoms with Crippen molar-refractivity contribution in [2.75, 3.05) is 6.26 Å². The van der Waals surface area contributed by atoms with Crippen LogP contribution in [0.4, 0.5) is 0 Å². The van der Waals surface area contributed by atoms with E-state index in [-0.39, 0.29) is 4.83 Å². The fourth-order valence-corrected chi connectivity index (χ4v) is 4.49. The zero-order valence-electron chi connectivity index (χ0n) is 11.0. The number of hydrogen-bond donors (Lipinski definition) is 0. The molecule has 5 heteroatoms. The van der Waals surface area contributed by atoms with Crippen molar-refractivity contribution in [1.82, 2.24) is 0 Å². The Kier molecular flexibility index (Phi) is 4.18. The van der Waals surface area contributed by atoms with Gasteiger partial charge in [-0.15, -0.1) is 11.3 Å². The summed E-state index contributed by atoms with van der Waals surface area (Å²) in [5.41, 5.74) is 2.31. The van der Waals surface area contributed by atoms with Crippen LogP contribution < -0.4 is 0 Å². The van der Waals surface area contributed by atoms with E-state index in [0.717, 1.165) is 5.56 Å². The molecule has 1 aromatic heterocycles. The molecule has 0 amide bonds. The van der Waals surface area contributed by atoms with Crippen molar-refractivity contribution in [2.24, 2.45) is 0 Å². The molecular formula is C14H15BrO2S2. The molecule has 2 nitrogen and oxygen atoms in total. The SMILES string of the molecule is Cc1cc(C(Br)c2ccc(S(C)(=O)=O)cc2)c(C)s1. The summed E-state index contributed by atoms with van der Waals surface area (Å²) in [6.45, 7) is 4.19. The van der Waals surface area contributed by atoms with Gasteiger partial charge in [0.05, 0.1) is 9.72 Å². The van der Waals surface area contributed by atoms with E-state index in [1.54, 1.807) is 23.5 Å². The monoisotopic (exact) mass is 358 g/mol. The normalized spacial score (nSPS) is 13.5. The van der Waals surface area contributed by atoms with Gasteiger partial charge in [-0.05, 0) is 43.2 Å². The predicted molar refractivity (Wildman–Crippen MR) is 84.1 cm³/mol. The highest BCUT2D eigenvalue weighted by molar-refractivity contribution is 9.09. The summed E-state index contributed by atoms with van der Waals surface area (Å²) in [4.78, 5) is 3.02. The number of benzene rings is 1. The number of aryl methyl sites for hydroxylation is 2. The van der Waals surface area contributed by atoms with Crippen molar-refractivity contribution >= 4 is 37.1 Å². The fraction of sp³-hybridized carbons (Fsp3) is 0.286. The van der Waals surface area contributed by atoms with Crippen molar-refractivity contribution < 1.29 is 8.42 Å². The van der Waals surface area contributed by atoms with Gasteiger partial charge in [0.1, 0.15) is 0 Å². The first-order valence-corrected chi connectivity index (χ1v) is 9.42. The fourth-order valence-electron chi connectivity index (χ4n) is 1.97. The number of sulfone groups is 1. The molecular weight excluding hydrogens is 344 g/mol. The highest BCUT2D eigenvalue weighted by atomic mass is 79.9. The lowest BCUT2D eigenvalue weighted by atomic mass is 10.1. The number of rotatable bonds is 3. The summed E-state index contributed by atoms with van der Waals surface area (Å²) >= 11 is 5.46. The van der Waals surface area contributed by atoms with Crippen molar-refractivity contribution in [3.8, 4) is 0 Å². The Bertz CT molecular complexity index is 685. The minimum Gasteiger partial charge on any atom is -0.224 e. The lowest BCUT2D eigenvalue weighted by Gasteiger charge is -2.10. The molecule has 0 N–H and O–H groups in total. The number of alkyl halides is 1. The zero-order chi connectivity index (χ0) is 14.2. The Hall–Kier alpha value is -0.650. The van der Waals surface area contributed by atoms with Crippen LogP contribution in [0.2, 0.25) is 0 Å². The Morgan fingerprint density at radius 1 is 1.16 bits per heavy atom. The first-order chi connectivity index (χ1) is 8.79. The molecule has 0 aliphatic heterocycles. The van der Waals surface area contributed by atoms with Crippen LogP contribution in [0.15, 0.2) is 35.2 Å². The maximum Gasteiger partial charge on any atom is 0.175 e. The smallest absolute Gasteiger partial charge is 0.175 e. The maximum absolute atomic E-state index is 11.4. The van der Waals surface area contributed by atoms with Crippen LogP contribution in [0, 0.1) is 13.8 Å². The van der Waals surface area contributed by atoms with Crippen LogP contribution in [-0.4, -0.2) is 14.7 Å². The van der Waals surface area contributed by atoms with E-state index < -0.39 is 9.84 Å². The first kappa shape index (κ1) is 14.8. The Morgan fingerprint density at radius 3 is 2.16 bits per heavy atom.